The SMILES string of the molecule is CC(=O)c1ccc(Br)c2nccc(Br)c12. The fraction of sp³-hybridized carbons (Fsp3) is 0.0909. The second-order valence-corrected chi connectivity index (χ2v) is 4.88. The molecule has 15 heavy (non-hydrogen) atoms. The second-order valence-electron chi connectivity index (χ2n) is 3.17. The van der Waals surface area contributed by atoms with Crippen molar-refractivity contribution in [1.29, 1.82) is 0 Å². The molecule has 2 aromatic rings. The fourth-order valence-corrected chi connectivity index (χ4v) is 2.44. The van der Waals surface area contributed by atoms with Crippen LogP contribution in [0, 0.1) is 0 Å². The molecule has 0 aliphatic carbocycles. The Morgan fingerprint density at radius 1 is 1.20 bits per heavy atom. The van der Waals surface area contributed by atoms with Crippen LogP contribution in [0.2, 0.25) is 0 Å². The smallest absolute Gasteiger partial charge is 0.160 e. The summed E-state index contributed by atoms with van der Waals surface area (Å²) >= 11 is 6.86. The van der Waals surface area contributed by atoms with Crippen LogP contribution in [0.15, 0.2) is 33.3 Å². The number of ketones is 1. The molecule has 0 saturated heterocycles. The van der Waals surface area contributed by atoms with Gasteiger partial charge in [0.2, 0.25) is 0 Å². The molecule has 0 aliphatic heterocycles. The lowest BCUT2D eigenvalue weighted by molar-refractivity contribution is 0.101. The zero-order valence-electron chi connectivity index (χ0n) is 7.92. The standard InChI is InChI=1S/C11H7Br2NO/c1-6(15)7-2-3-9(13)11-10(7)8(12)4-5-14-11/h2-5H,1H3. The number of carbonyl (C=O) groups excluding carboxylic acids is 1. The van der Waals surface area contributed by atoms with Crippen molar-refractivity contribution >= 4 is 48.5 Å². The molecule has 76 valence electrons. The van der Waals surface area contributed by atoms with Gasteiger partial charge in [-0.15, -0.1) is 0 Å². The van der Waals surface area contributed by atoms with Crippen molar-refractivity contribution in [3.63, 3.8) is 0 Å². The van der Waals surface area contributed by atoms with E-state index < -0.39 is 0 Å². The largest absolute Gasteiger partial charge is 0.294 e. The average Bonchev–Trinajstić information content (AvgIpc) is 2.19. The maximum Gasteiger partial charge on any atom is 0.160 e. The zero-order valence-corrected chi connectivity index (χ0v) is 11.1. The van der Waals surface area contributed by atoms with Gasteiger partial charge in [-0.3, -0.25) is 9.78 Å². The highest BCUT2D eigenvalue weighted by Gasteiger charge is 2.11. The third-order valence-electron chi connectivity index (χ3n) is 2.17. The van der Waals surface area contributed by atoms with Crippen LogP contribution in [0.5, 0.6) is 0 Å². The van der Waals surface area contributed by atoms with Gasteiger partial charge in [0.25, 0.3) is 0 Å². The Kier molecular flexibility index (Phi) is 2.89. The van der Waals surface area contributed by atoms with Gasteiger partial charge < -0.3 is 0 Å². The summed E-state index contributed by atoms with van der Waals surface area (Å²) in [4.78, 5) is 15.7. The van der Waals surface area contributed by atoms with E-state index in [1.807, 2.05) is 12.1 Å². The summed E-state index contributed by atoms with van der Waals surface area (Å²) in [5, 5.41) is 0.861. The van der Waals surface area contributed by atoms with Crippen LogP contribution >= 0.6 is 31.9 Å². The molecular weight excluding hydrogens is 322 g/mol. The average molecular weight is 329 g/mol. The minimum Gasteiger partial charge on any atom is -0.294 e. The van der Waals surface area contributed by atoms with E-state index in [2.05, 4.69) is 36.8 Å². The number of rotatable bonds is 1. The van der Waals surface area contributed by atoms with Crippen LogP contribution in [0.1, 0.15) is 17.3 Å². The predicted molar refractivity (Wildman–Crippen MR) is 67.1 cm³/mol. The Balaban J connectivity index is 2.96. The molecule has 2 nitrogen and oxygen atoms in total. The van der Waals surface area contributed by atoms with Gasteiger partial charge >= 0.3 is 0 Å². The van der Waals surface area contributed by atoms with E-state index in [1.54, 1.807) is 19.2 Å². The number of benzene rings is 1. The highest BCUT2D eigenvalue weighted by atomic mass is 79.9. The Labute approximate surface area is 104 Å². The van der Waals surface area contributed by atoms with Crippen molar-refractivity contribution in [2.24, 2.45) is 0 Å². The Morgan fingerprint density at radius 2 is 1.93 bits per heavy atom. The maximum atomic E-state index is 11.5. The monoisotopic (exact) mass is 327 g/mol. The van der Waals surface area contributed by atoms with Crippen LogP contribution in [0.3, 0.4) is 0 Å². The van der Waals surface area contributed by atoms with Crippen molar-refractivity contribution in [2.45, 2.75) is 6.92 Å². The van der Waals surface area contributed by atoms with Gasteiger partial charge in [-0.2, -0.15) is 0 Å². The molecule has 0 unspecified atom stereocenters. The molecular formula is C11H7Br2NO. The van der Waals surface area contributed by atoms with Crippen molar-refractivity contribution in [2.75, 3.05) is 0 Å². The number of fused-ring (bicyclic) bond motifs is 1. The Hall–Kier alpha value is -0.740. The van der Waals surface area contributed by atoms with Crippen molar-refractivity contribution in [1.82, 2.24) is 4.98 Å². The number of halogens is 2. The summed E-state index contributed by atoms with van der Waals surface area (Å²) < 4.78 is 1.78. The molecule has 1 heterocycles. The Morgan fingerprint density at radius 3 is 2.60 bits per heavy atom. The molecule has 4 heteroatoms. The predicted octanol–water partition coefficient (Wildman–Crippen LogP) is 3.96. The van der Waals surface area contributed by atoms with E-state index >= 15 is 0 Å². The van der Waals surface area contributed by atoms with Crippen LogP contribution in [-0.4, -0.2) is 10.8 Å². The van der Waals surface area contributed by atoms with Gasteiger partial charge in [-0.25, -0.2) is 0 Å². The molecule has 0 saturated carbocycles. The first-order valence-corrected chi connectivity index (χ1v) is 5.93. The number of aromatic nitrogens is 1. The molecule has 0 spiro atoms. The van der Waals surface area contributed by atoms with E-state index in [4.69, 9.17) is 0 Å². The van der Waals surface area contributed by atoms with Gasteiger partial charge in [0.1, 0.15) is 0 Å². The fourth-order valence-electron chi connectivity index (χ4n) is 1.49. The number of hydrogen-bond acceptors (Lipinski definition) is 2. The number of hydrogen-bond donors (Lipinski definition) is 0. The summed E-state index contributed by atoms with van der Waals surface area (Å²) in [7, 11) is 0. The molecule has 1 aromatic heterocycles. The lowest BCUT2D eigenvalue weighted by Crippen LogP contribution is -1.95. The second kappa shape index (κ2) is 4.02. The summed E-state index contributed by atoms with van der Waals surface area (Å²) in [5.41, 5.74) is 1.49. The van der Waals surface area contributed by atoms with E-state index in [0.717, 1.165) is 19.8 Å². The molecule has 0 fully saturated rings. The van der Waals surface area contributed by atoms with Crippen molar-refractivity contribution < 1.29 is 4.79 Å². The third kappa shape index (κ3) is 1.84. The summed E-state index contributed by atoms with van der Waals surface area (Å²) in [5.74, 6) is 0.0428. The molecule has 0 radical (unpaired) electrons. The topological polar surface area (TPSA) is 30.0 Å². The lowest BCUT2D eigenvalue weighted by atomic mass is 10.1. The van der Waals surface area contributed by atoms with Crippen molar-refractivity contribution in [3.05, 3.63) is 38.9 Å². The van der Waals surface area contributed by atoms with E-state index in [-0.39, 0.29) is 5.78 Å². The number of nitrogens with zero attached hydrogens (tertiary/aromatic N) is 1. The lowest BCUT2D eigenvalue weighted by Gasteiger charge is -2.06. The minimum absolute atomic E-state index is 0.0428. The van der Waals surface area contributed by atoms with Gasteiger partial charge in [0, 0.05) is 26.1 Å². The van der Waals surface area contributed by atoms with Gasteiger partial charge in [0.15, 0.2) is 5.78 Å². The summed E-state index contributed by atoms with van der Waals surface area (Å²) in [6, 6.07) is 5.49. The summed E-state index contributed by atoms with van der Waals surface area (Å²) in [6.07, 6.45) is 1.71. The molecule has 0 bridgehead atoms. The van der Waals surface area contributed by atoms with E-state index in [0.29, 0.717) is 5.56 Å². The highest BCUT2D eigenvalue weighted by Crippen LogP contribution is 2.30. The number of pyridine rings is 1. The van der Waals surface area contributed by atoms with Crippen LogP contribution in [0.4, 0.5) is 0 Å². The molecule has 1 aromatic carbocycles. The van der Waals surface area contributed by atoms with E-state index in [1.165, 1.54) is 0 Å². The third-order valence-corrected chi connectivity index (χ3v) is 3.47. The number of carbonyl (C=O) groups is 1. The van der Waals surface area contributed by atoms with Crippen LogP contribution in [-0.2, 0) is 0 Å². The molecule has 0 amide bonds. The zero-order chi connectivity index (χ0) is 11.0. The summed E-state index contributed by atoms with van der Waals surface area (Å²) in [6.45, 7) is 1.56. The molecule has 2 rings (SSSR count). The van der Waals surface area contributed by atoms with E-state index in [9.17, 15) is 4.79 Å². The van der Waals surface area contributed by atoms with Crippen LogP contribution < -0.4 is 0 Å². The first kappa shape index (κ1) is 10.8. The molecule has 0 atom stereocenters. The van der Waals surface area contributed by atoms with Gasteiger partial charge in [0.05, 0.1) is 5.52 Å². The van der Waals surface area contributed by atoms with Gasteiger partial charge in [-0.05, 0) is 41.1 Å². The van der Waals surface area contributed by atoms with Crippen LogP contribution in [0.25, 0.3) is 10.9 Å². The quantitative estimate of drug-likeness (QED) is 0.741. The normalized spacial score (nSPS) is 10.6. The first-order valence-electron chi connectivity index (χ1n) is 4.35. The first-order chi connectivity index (χ1) is 7.11. The number of Topliss-reactive ketones (excluding diaryl/α,β-unsaturated/α-hetero) is 1. The van der Waals surface area contributed by atoms with Crippen molar-refractivity contribution in [3.8, 4) is 0 Å². The highest BCUT2D eigenvalue weighted by molar-refractivity contribution is 9.11. The van der Waals surface area contributed by atoms with Gasteiger partial charge in [-0.1, -0.05) is 15.9 Å². The maximum absolute atomic E-state index is 11.5. The molecule has 0 aliphatic rings. The minimum atomic E-state index is 0.0428. The molecule has 0 N–H and O–H groups in total. The Bertz CT molecular complexity index is 552.